The van der Waals surface area contributed by atoms with E-state index in [9.17, 15) is 9.59 Å². The predicted molar refractivity (Wildman–Crippen MR) is 135 cm³/mol. The first-order chi connectivity index (χ1) is 17.3. The summed E-state index contributed by atoms with van der Waals surface area (Å²) in [4.78, 5) is 29.6. The van der Waals surface area contributed by atoms with Gasteiger partial charge in [0, 0.05) is 28.8 Å². The number of aromatic nitrogens is 3. The van der Waals surface area contributed by atoms with Crippen molar-refractivity contribution in [2.75, 3.05) is 20.8 Å². The number of benzene rings is 2. The average molecular weight is 491 g/mol. The van der Waals surface area contributed by atoms with Crippen LogP contribution in [0, 0.1) is 13.8 Å². The highest BCUT2D eigenvalue weighted by Gasteiger charge is 2.18. The molecule has 0 aliphatic rings. The van der Waals surface area contributed by atoms with Gasteiger partial charge in [0.2, 0.25) is 0 Å². The van der Waals surface area contributed by atoms with E-state index in [-0.39, 0.29) is 19.1 Å². The van der Waals surface area contributed by atoms with Crippen molar-refractivity contribution in [3.05, 3.63) is 65.0 Å². The Morgan fingerprint density at radius 3 is 2.61 bits per heavy atom. The average Bonchev–Trinajstić information content (AvgIpc) is 3.25. The van der Waals surface area contributed by atoms with Crippen molar-refractivity contribution in [2.45, 2.75) is 39.7 Å². The normalized spacial score (nSPS) is 11.9. The van der Waals surface area contributed by atoms with Crippen LogP contribution in [0.3, 0.4) is 0 Å². The summed E-state index contributed by atoms with van der Waals surface area (Å²) in [6.45, 7) is 5.35. The number of amides is 1. The largest absolute Gasteiger partial charge is 0.497 e. The Hall–Kier alpha value is -4.14. The lowest BCUT2D eigenvalue weighted by Crippen LogP contribution is -2.31. The lowest BCUT2D eigenvalue weighted by atomic mass is 10.1. The lowest BCUT2D eigenvalue weighted by Gasteiger charge is -2.18. The van der Waals surface area contributed by atoms with Crippen LogP contribution in [0.1, 0.15) is 41.9 Å². The second-order valence-electron chi connectivity index (χ2n) is 8.57. The fourth-order valence-corrected chi connectivity index (χ4v) is 4.32. The molecule has 0 radical (unpaired) electrons. The highest BCUT2D eigenvalue weighted by molar-refractivity contribution is 5.92. The van der Waals surface area contributed by atoms with Crippen LogP contribution in [0.5, 0.6) is 11.5 Å². The molecule has 0 aliphatic heterocycles. The van der Waals surface area contributed by atoms with Crippen LogP contribution in [0.4, 0.5) is 0 Å². The summed E-state index contributed by atoms with van der Waals surface area (Å²) in [6.07, 6.45) is 0.566. The highest BCUT2D eigenvalue weighted by atomic mass is 16.5. The maximum absolute atomic E-state index is 12.4. The Balaban J connectivity index is 1.35. The molecular formula is C27H30N4O5. The molecule has 1 atom stereocenters. The SMILES string of the molecule is COc1ccc(OC)c(C(C)NC(=O)COC(=O)CCc2c(C)nc3c4ccccc4nn3c2C)c1. The molecule has 9 nitrogen and oxygen atoms in total. The zero-order valence-electron chi connectivity index (χ0n) is 21.1. The van der Waals surface area contributed by atoms with Crippen molar-refractivity contribution in [1.29, 1.82) is 0 Å². The maximum atomic E-state index is 12.4. The van der Waals surface area contributed by atoms with Crippen molar-refractivity contribution in [1.82, 2.24) is 19.9 Å². The number of ether oxygens (including phenoxy) is 3. The van der Waals surface area contributed by atoms with E-state index in [2.05, 4.69) is 10.4 Å². The van der Waals surface area contributed by atoms with Crippen LogP contribution in [0.25, 0.3) is 16.6 Å². The van der Waals surface area contributed by atoms with Crippen LogP contribution in [-0.2, 0) is 20.7 Å². The van der Waals surface area contributed by atoms with Gasteiger partial charge in [-0.2, -0.15) is 5.10 Å². The van der Waals surface area contributed by atoms with Gasteiger partial charge in [0.05, 0.1) is 25.8 Å². The molecule has 1 N–H and O–H groups in total. The molecular weight excluding hydrogens is 460 g/mol. The Kier molecular flexibility index (Phi) is 7.38. The lowest BCUT2D eigenvalue weighted by molar-refractivity contribution is -0.148. The number of carbonyl (C=O) groups excluding carboxylic acids is 2. The first kappa shape index (κ1) is 25.0. The Labute approximate surface area is 209 Å². The van der Waals surface area contributed by atoms with E-state index in [1.807, 2.05) is 49.6 Å². The number of rotatable bonds is 9. The summed E-state index contributed by atoms with van der Waals surface area (Å²) in [5, 5.41) is 8.46. The smallest absolute Gasteiger partial charge is 0.306 e. The summed E-state index contributed by atoms with van der Waals surface area (Å²) in [7, 11) is 3.13. The molecule has 0 fully saturated rings. The number of fused-ring (bicyclic) bond motifs is 3. The first-order valence-electron chi connectivity index (χ1n) is 11.7. The topological polar surface area (TPSA) is 104 Å². The number of hydrogen-bond donors (Lipinski definition) is 1. The summed E-state index contributed by atoms with van der Waals surface area (Å²) < 4.78 is 17.7. The summed E-state index contributed by atoms with van der Waals surface area (Å²) in [5.74, 6) is 0.419. The number of hydrogen-bond acceptors (Lipinski definition) is 7. The van der Waals surface area contributed by atoms with E-state index in [0.717, 1.165) is 39.1 Å². The predicted octanol–water partition coefficient (Wildman–Crippen LogP) is 3.87. The van der Waals surface area contributed by atoms with Gasteiger partial charge in [-0.25, -0.2) is 9.50 Å². The molecule has 2 aromatic heterocycles. The van der Waals surface area contributed by atoms with Crippen LogP contribution < -0.4 is 14.8 Å². The summed E-state index contributed by atoms with van der Waals surface area (Å²) in [6, 6.07) is 12.8. The molecule has 1 unspecified atom stereocenters. The number of methoxy groups -OCH3 is 2. The van der Waals surface area contributed by atoms with Crippen molar-refractivity contribution in [3.8, 4) is 11.5 Å². The Bertz CT molecular complexity index is 1430. The van der Waals surface area contributed by atoms with Gasteiger partial charge < -0.3 is 19.5 Å². The van der Waals surface area contributed by atoms with E-state index in [1.165, 1.54) is 0 Å². The second-order valence-corrected chi connectivity index (χ2v) is 8.57. The fourth-order valence-electron chi connectivity index (χ4n) is 4.32. The summed E-state index contributed by atoms with van der Waals surface area (Å²) >= 11 is 0. The molecule has 9 heteroatoms. The molecule has 4 rings (SSSR count). The third kappa shape index (κ3) is 5.10. The zero-order valence-corrected chi connectivity index (χ0v) is 21.1. The van der Waals surface area contributed by atoms with Crippen molar-refractivity contribution < 1.29 is 23.8 Å². The van der Waals surface area contributed by atoms with Gasteiger partial charge in [0.15, 0.2) is 12.3 Å². The minimum atomic E-state index is -0.457. The quantitative estimate of drug-likeness (QED) is 0.355. The van der Waals surface area contributed by atoms with Crippen LogP contribution in [-0.4, -0.2) is 47.3 Å². The van der Waals surface area contributed by atoms with E-state index in [4.69, 9.17) is 19.2 Å². The molecule has 2 aromatic carbocycles. The van der Waals surface area contributed by atoms with Gasteiger partial charge >= 0.3 is 5.97 Å². The Morgan fingerprint density at radius 1 is 1.08 bits per heavy atom. The molecule has 1 amide bonds. The Morgan fingerprint density at radius 2 is 1.86 bits per heavy atom. The second kappa shape index (κ2) is 10.6. The molecule has 4 aromatic rings. The van der Waals surface area contributed by atoms with Crippen LogP contribution >= 0.6 is 0 Å². The van der Waals surface area contributed by atoms with E-state index in [0.29, 0.717) is 17.9 Å². The van der Waals surface area contributed by atoms with E-state index in [1.54, 1.807) is 32.4 Å². The monoisotopic (exact) mass is 490 g/mol. The highest BCUT2D eigenvalue weighted by Crippen LogP contribution is 2.29. The zero-order chi connectivity index (χ0) is 25.8. The van der Waals surface area contributed by atoms with Crippen molar-refractivity contribution in [2.24, 2.45) is 0 Å². The molecule has 0 bridgehead atoms. The van der Waals surface area contributed by atoms with Gasteiger partial charge in [-0.3, -0.25) is 9.59 Å². The number of nitrogens with one attached hydrogen (secondary N) is 1. The molecule has 2 heterocycles. The first-order valence-corrected chi connectivity index (χ1v) is 11.7. The molecule has 36 heavy (non-hydrogen) atoms. The molecule has 0 saturated heterocycles. The molecule has 0 aliphatic carbocycles. The minimum absolute atomic E-state index is 0.127. The number of esters is 1. The number of aryl methyl sites for hydroxylation is 2. The number of carbonyl (C=O) groups is 2. The van der Waals surface area contributed by atoms with Crippen molar-refractivity contribution in [3.63, 3.8) is 0 Å². The molecule has 0 saturated carbocycles. The maximum Gasteiger partial charge on any atom is 0.306 e. The third-order valence-corrected chi connectivity index (χ3v) is 6.24. The fraction of sp³-hybridized carbons (Fsp3) is 0.333. The standard InChI is InChI=1S/C27H30N4O5/c1-16-20(18(3)31-27(29-16)21-8-6-7-9-23(21)30-31)11-13-26(33)36-15-25(32)28-17(2)22-14-19(34-4)10-12-24(22)35-5/h6-10,12,14,17H,11,13,15H2,1-5H3,(H,28,32). The molecule has 188 valence electrons. The van der Waals surface area contributed by atoms with Crippen molar-refractivity contribution >= 4 is 28.4 Å². The van der Waals surface area contributed by atoms with E-state index >= 15 is 0 Å². The van der Waals surface area contributed by atoms with Crippen LogP contribution in [0.2, 0.25) is 0 Å². The van der Waals surface area contributed by atoms with E-state index < -0.39 is 11.9 Å². The summed E-state index contributed by atoms with van der Waals surface area (Å²) in [5.41, 5.74) is 5.14. The van der Waals surface area contributed by atoms with Crippen LogP contribution in [0.15, 0.2) is 42.5 Å². The van der Waals surface area contributed by atoms with Gasteiger partial charge in [-0.15, -0.1) is 0 Å². The van der Waals surface area contributed by atoms with Gasteiger partial charge in [0.25, 0.3) is 5.91 Å². The minimum Gasteiger partial charge on any atom is -0.497 e. The van der Waals surface area contributed by atoms with Gasteiger partial charge in [-0.1, -0.05) is 12.1 Å². The number of nitrogens with zero attached hydrogens (tertiary/aromatic N) is 3. The molecule has 0 spiro atoms. The third-order valence-electron chi connectivity index (χ3n) is 6.24. The van der Waals surface area contributed by atoms with Gasteiger partial charge in [0.1, 0.15) is 11.5 Å². The van der Waals surface area contributed by atoms with Gasteiger partial charge in [-0.05, 0) is 63.1 Å².